The van der Waals surface area contributed by atoms with Crippen molar-refractivity contribution in [2.75, 3.05) is 13.1 Å². The van der Waals surface area contributed by atoms with Crippen LogP contribution in [-0.2, 0) is 4.74 Å². The minimum atomic E-state index is -0.419. The lowest BCUT2D eigenvalue weighted by molar-refractivity contribution is 0.0317. The number of ether oxygens (including phenoxy) is 1. The third-order valence-corrected chi connectivity index (χ3v) is 4.13. The van der Waals surface area contributed by atoms with Gasteiger partial charge in [-0.2, -0.15) is 0 Å². The molecule has 0 radical (unpaired) electrons. The Morgan fingerprint density at radius 1 is 1.29 bits per heavy atom. The zero-order valence-corrected chi connectivity index (χ0v) is 11.1. The summed E-state index contributed by atoms with van der Waals surface area (Å²) in [6, 6.07) is 0. The van der Waals surface area contributed by atoms with Crippen molar-refractivity contribution in [1.82, 2.24) is 5.32 Å². The summed E-state index contributed by atoms with van der Waals surface area (Å²) in [4.78, 5) is 11.6. The van der Waals surface area contributed by atoms with Gasteiger partial charge in [-0.05, 0) is 63.8 Å². The quantitative estimate of drug-likeness (QED) is 0.793. The first kappa shape index (κ1) is 12.7. The van der Waals surface area contributed by atoms with E-state index in [1.807, 2.05) is 20.8 Å². The zero-order valence-electron chi connectivity index (χ0n) is 11.1. The van der Waals surface area contributed by atoms with E-state index in [1.165, 1.54) is 25.7 Å². The van der Waals surface area contributed by atoms with Gasteiger partial charge in [-0.3, -0.25) is 0 Å². The number of rotatable bonds is 3. The molecular weight excluding hydrogens is 216 g/mol. The van der Waals surface area contributed by atoms with Gasteiger partial charge in [-0.25, -0.2) is 4.79 Å². The SMILES string of the molecule is CC(C)(C)OC(=O)NCC12CCC(CN)(C1)C2. The second-order valence-electron chi connectivity index (χ2n) is 6.91. The summed E-state index contributed by atoms with van der Waals surface area (Å²) >= 11 is 0. The average molecular weight is 240 g/mol. The fourth-order valence-corrected chi connectivity index (χ4v) is 3.46. The summed E-state index contributed by atoms with van der Waals surface area (Å²) in [5, 5.41) is 2.90. The van der Waals surface area contributed by atoms with Crippen molar-refractivity contribution in [2.45, 2.75) is 52.1 Å². The van der Waals surface area contributed by atoms with E-state index in [9.17, 15) is 4.79 Å². The Balaban J connectivity index is 1.76. The molecule has 3 aliphatic carbocycles. The largest absolute Gasteiger partial charge is 0.444 e. The van der Waals surface area contributed by atoms with Gasteiger partial charge in [0.05, 0.1) is 0 Å². The first-order valence-electron chi connectivity index (χ1n) is 6.45. The zero-order chi connectivity index (χ0) is 12.7. The normalized spacial score (nSPS) is 35.3. The van der Waals surface area contributed by atoms with Crippen molar-refractivity contribution in [3.05, 3.63) is 0 Å². The van der Waals surface area contributed by atoms with Gasteiger partial charge in [0.2, 0.25) is 0 Å². The molecule has 3 fully saturated rings. The van der Waals surface area contributed by atoms with E-state index in [0.717, 1.165) is 13.1 Å². The fraction of sp³-hybridized carbons (Fsp3) is 0.923. The lowest BCUT2D eigenvalue weighted by Gasteiger charge is -2.47. The third kappa shape index (κ3) is 2.57. The number of nitrogens with two attached hydrogens (primary N) is 1. The number of carbonyl (C=O) groups excluding carboxylic acids is 1. The number of amides is 1. The summed E-state index contributed by atoms with van der Waals surface area (Å²) < 4.78 is 5.24. The number of carbonyl (C=O) groups is 1. The Bertz CT molecular complexity index is 314. The van der Waals surface area contributed by atoms with Crippen molar-refractivity contribution in [3.8, 4) is 0 Å². The summed E-state index contributed by atoms with van der Waals surface area (Å²) in [5.41, 5.74) is 6.09. The van der Waals surface area contributed by atoms with E-state index in [-0.39, 0.29) is 6.09 Å². The summed E-state index contributed by atoms with van der Waals surface area (Å²) in [5.74, 6) is 0. The second-order valence-corrected chi connectivity index (χ2v) is 6.91. The van der Waals surface area contributed by atoms with Crippen molar-refractivity contribution < 1.29 is 9.53 Å². The summed E-state index contributed by atoms with van der Waals surface area (Å²) in [6.07, 6.45) is 4.46. The highest BCUT2D eigenvalue weighted by Crippen LogP contribution is 2.66. The van der Waals surface area contributed by atoms with Gasteiger partial charge in [-0.1, -0.05) is 0 Å². The molecule has 4 nitrogen and oxygen atoms in total. The van der Waals surface area contributed by atoms with Crippen LogP contribution in [0.4, 0.5) is 4.79 Å². The molecule has 0 atom stereocenters. The van der Waals surface area contributed by atoms with Crippen LogP contribution in [0.25, 0.3) is 0 Å². The molecule has 17 heavy (non-hydrogen) atoms. The number of fused-ring (bicyclic) bond motifs is 1. The van der Waals surface area contributed by atoms with Gasteiger partial charge in [0.15, 0.2) is 0 Å². The van der Waals surface area contributed by atoms with E-state index >= 15 is 0 Å². The lowest BCUT2D eigenvalue weighted by atomic mass is 9.60. The predicted molar refractivity (Wildman–Crippen MR) is 66.6 cm³/mol. The number of alkyl carbamates (subject to hydrolysis) is 1. The summed E-state index contributed by atoms with van der Waals surface area (Å²) in [6.45, 7) is 7.17. The number of nitrogens with one attached hydrogen (secondary N) is 1. The van der Waals surface area contributed by atoms with Gasteiger partial charge in [-0.15, -0.1) is 0 Å². The van der Waals surface area contributed by atoms with Crippen LogP contribution in [-0.4, -0.2) is 24.8 Å². The maximum Gasteiger partial charge on any atom is 0.407 e. The average Bonchev–Trinajstić information content (AvgIpc) is 2.67. The molecule has 0 aliphatic heterocycles. The van der Waals surface area contributed by atoms with E-state index < -0.39 is 5.60 Å². The Morgan fingerprint density at radius 2 is 1.88 bits per heavy atom. The first-order valence-corrected chi connectivity index (χ1v) is 6.45. The highest BCUT2D eigenvalue weighted by atomic mass is 16.6. The highest BCUT2D eigenvalue weighted by Gasteiger charge is 2.59. The molecule has 0 unspecified atom stereocenters. The van der Waals surface area contributed by atoms with Crippen LogP contribution < -0.4 is 11.1 Å². The van der Waals surface area contributed by atoms with Gasteiger partial charge in [0.25, 0.3) is 0 Å². The number of hydrogen-bond acceptors (Lipinski definition) is 3. The molecule has 3 rings (SSSR count). The Kier molecular flexibility index (Phi) is 2.89. The van der Waals surface area contributed by atoms with Crippen LogP contribution >= 0.6 is 0 Å². The van der Waals surface area contributed by atoms with Gasteiger partial charge >= 0.3 is 6.09 Å². The summed E-state index contributed by atoms with van der Waals surface area (Å²) in [7, 11) is 0. The molecule has 98 valence electrons. The van der Waals surface area contributed by atoms with Gasteiger partial charge in [0, 0.05) is 6.54 Å². The van der Waals surface area contributed by atoms with Crippen LogP contribution in [0.5, 0.6) is 0 Å². The standard InChI is InChI=1S/C13H24N2O2/c1-11(2,3)17-10(16)15-9-13-5-4-12(6-13,7-13)8-14/h4-9,14H2,1-3H3,(H,15,16). The van der Waals surface area contributed by atoms with Crippen LogP contribution in [0.3, 0.4) is 0 Å². The van der Waals surface area contributed by atoms with E-state index in [0.29, 0.717) is 10.8 Å². The van der Waals surface area contributed by atoms with E-state index in [1.54, 1.807) is 0 Å². The minimum absolute atomic E-state index is 0.302. The molecule has 3 aliphatic rings. The predicted octanol–water partition coefficient (Wildman–Crippen LogP) is 2.03. The Morgan fingerprint density at radius 3 is 2.35 bits per heavy atom. The van der Waals surface area contributed by atoms with Crippen molar-refractivity contribution >= 4 is 6.09 Å². The molecule has 4 heteroatoms. The van der Waals surface area contributed by atoms with Gasteiger partial charge < -0.3 is 15.8 Å². The topological polar surface area (TPSA) is 64.3 Å². The third-order valence-electron chi connectivity index (χ3n) is 4.13. The fourth-order valence-electron chi connectivity index (χ4n) is 3.46. The van der Waals surface area contributed by atoms with Crippen LogP contribution in [0, 0.1) is 10.8 Å². The maximum absolute atomic E-state index is 11.6. The van der Waals surface area contributed by atoms with Crippen molar-refractivity contribution in [1.29, 1.82) is 0 Å². The molecule has 0 aromatic heterocycles. The minimum Gasteiger partial charge on any atom is -0.444 e. The maximum atomic E-state index is 11.6. The second kappa shape index (κ2) is 3.87. The molecule has 0 spiro atoms. The van der Waals surface area contributed by atoms with E-state index in [4.69, 9.17) is 10.5 Å². The molecule has 0 saturated heterocycles. The highest BCUT2D eigenvalue weighted by molar-refractivity contribution is 5.67. The molecule has 2 bridgehead atoms. The molecule has 3 N–H and O–H groups in total. The lowest BCUT2D eigenvalue weighted by Crippen LogP contribution is -2.48. The molecule has 0 aromatic carbocycles. The molecule has 3 saturated carbocycles. The Labute approximate surface area is 103 Å². The van der Waals surface area contributed by atoms with Crippen molar-refractivity contribution in [2.24, 2.45) is 16.6 Å². The molecular formula is C13H24N2O2. The Hall–Kier alpha value is -0.770. The van der Waals surface area contributed by atoms with E-state index in [2.05, 4.69) is 5.32 Å². The first-order chi connectivity index (χ1) is 7.78. The molecule has 1 amide bonds. The van der Waals surface area contributed by atoms with Gasteiger partial charge in [0.1, 0.15) is 5.60 Å². The van der Waals surface area contributed by atoms with Crippen molar-refractivity contribution in [3.63, 3.8) is 0 Å². The molecule has 0 heterocycles. The van der Waals surface area contributed by atoms with Crippen LogP contribution in [0.15, 0.2) is 0 Å². The smallest absolute Gasteiger partial charge is 0.407 e. The molecule has 0 aromatic rings. The number of hydrogen-bond donors (Lipinski definition) is 2. The monoisotopic (exact) mass is 240 g/mol. The van der Waals surface area contributed by atoms with Crippen LogP contribution in [0.1, 0.15) is 46.5 Å². The van der Waals surface area contributed by atoms with Crippen LogP contribution in [0.2, 0.25) is 0 Å².